The molecule has 1 aromatic carbocycles. The van der Waals surface area contributed by atoms with Gasteiger partial charge < -0.3 is 5.11 Å². The summed E-state index contributed by atoms with van der Waals surface area (Å²) in [6, 6.07) is 3.51. The third kappa shape index (κ3) is 2.10. The van der Waals surface area contributed by atoms with Gasteiger partial charge in [-0.05, 0) is 6.07 Å². The SMILES string of the molecule is N#Cc1cc(Cl)c(S(=O)(=O)Cl)cc1O. The lowest BCUT2D eigenvalue weighted by Crippen LogP contribution is -1.92. The predicted octanol–water partition coefficient (Wildman–Crippen LogP) is 1.84. The molecular weight excluding hydrogens is 249 g/mol. The van der Waals surface area contributed by atoms with E-state index < -0.39 is 19.7 Å². The maximum Gasteiger partial charge on any atom is 0.262 e. The van der Waals surface area contributed by atoms with Gasteiger partial charge in [-0.2, -0.15) is 5.26 Å². The summed E-state index contributed by atoms with van der Waals surface area (Å²) in [4.78, 5) is -0.419. The highest BCUT2D eigenvalue weighted by Gasteiger charge is 2.17. The summed E-state index contributed by atoms with van der Waals surface area (Å²) in [5.41, 5.74) is -0.112. The van der Waals surface area contributed by atoms with Crippen molar-refractivity contribution < 1.29 is 13.5 Å². The maximum atomic E-state index is 10.9. The molecule has 14 heavy (non-hydrogen) atoms. The van der Waals surface area contributed by atoms with E-state index in [1.807, 2.05) is 0 Å². The van der Waals surface area contributed by atoms with E-state index in [4.69, 9.17) is 27.5 Å². The molecule has 4 nitrogen and oxygen atoms in total. The molecule has 0 aliphatic heterocycles. The first-order valence-electron chi connectivity index (χ1n) is 3.23. The van der Waals surface area contributed by atoms with Gasteiger partial charge in [0.05, 0.1) is 10.6 Å². The van der Waals surface area contributed by atoms with Crippen molar-refractivity contribution >= 4 is 31.3 Å². The van der Waals surface area contributed by atoms with Crippen molar-refractivity contribution in [3.63, 3.8) is 0 Å². The van der Waals surface area contributed by atoms with Crippen LogP contribution in [0.15, 0.2) is 17.0 Å². The first kappa shape index (κ1) is 11.1. The number of rotatable bonds is 1. The van der Waals surface area contributed by atoms with Gasteiger partial charge in [0.15, 0.2) is 0 Å². The predicted molar refractivity (Wildman–Crippen MR) is 50.9 cm³/mol. The van der Waals surface area contributed by atoms with Crippen molar-refractivity contribution in [1.29, 1.82) is 5.26 Å². The molecule has 0 aliphatic rings. The van der Waals surface area contributed by atoms with Crippen LogP contribution in [0.1, 0.15) is 5.56 Å². The standard InChI is InChI=1S/C7H3Cl2NO3S/c8-5-1-4(3-10)6(11)2-7(5)14(9,12)13/h1-2,11H. The minimum Gasteiger partial charge on any atom is -0.507 e. The summed E-state index contributed by atoms with van der Waals surface area (Å²) in [5, 5.41) is 17.5. The summed E-state index contributed by atoms with van der Waals surface area (Å²) in [5.74, 6) is -0.476. The largest absolute Gasteiger partial charge is 0.507 e. The van der Waals surface area contributed by atoms with Crippen LogP contribution in [-0.2, 0) is 9.05 Å². The Morgan fingerprint density at radius 2 is 2.00 bits per heavy atom. The van der Waals surface area contributed by atoms with Gasteiger partial charge in [0.25, 0.3) is 9.05 Å². The van der Waals surface area contributed by atoms with Crippen LogP contribution in [-0.4, -0.2) is 13.5 Å². The van der Waals surface area contributed by atoms with Crippen LogP contribution in [0.2, 0.25) is 5.02 Å². The van der Waals surface area contributed by atoms with Crippen molar-refractivity contribution in [2.45, 2.75) is 4.90 Å². The van der Waals surface area contributed by atoms with E-state index in [0.29, 0.717) is 0 Å². The van der Waals surface area contributed by atoms with Gasteiger partial charge in [-0.1, -0.05) is 11.6 Å². The Kier molecular flexibility index (Phi) is 2.90. The van der Waals surface area contributed by atoms with Crippen LogP contribution in [0.25, 0.3) is 0 Å². The Bertz CT molecular complexity index is 518. The number of nitriles is 1. The average Bonchev–Trinajstić information content (AvgIpc) is 2.06. The van der Waals surface area contributed by atoms with E-state index in [0.717, 1.165) is 12.1 Å². The molecule has 0 spiro atoms. The normalized spacial score (nSPS) is 10.9. The fourth-order valence-electron chi connectivity index (χ4n) is 0.819. The van der Waals surface area contributed by atoms with Crippen molar-refractivity contribution in [2.24, 2.45) is 0 Å². The summed E-state index contributed by atoms with van der Waals surface area (Å²) in [6.45, 7) is 0. The molecule has 74 valence electrons. The van der Waals surface area contributed by atoms with Gasteiger partial charge in [-0.15, -0.1) is 0 Å². The highest BCUT2D eigenvalue weighted by Crippen LogP contribution is 2.30. The highest BCUT2D eigenvalue weighted by atomic mass is 35.7. The van der Waals surface area contributed by atoms with E-state index in [-0.39, 0.29) is 10.6 Å². The van der Waals surface area contributed by atoms with Gasteiger partial charge in [0, 0.05) is 16.7 Å². The lowest BCUT2D eigenvalue weighted by Gasteiger charge is -2.02. The van der Waals surface area contributed by atoms with Crippen molar-refractivity contribution in [3.05, 3.63) is 22.7 Å². The monoisotopic (exact) mass is 251 g/mol. The number of hydrogen-bond donors (Lipinski definition) is 1. The van der Waals surface area contributed by atoms with E-state index >= 15 is 0 Å². The van der Waals surface area contributed by atoms with Gasteiger partial charge >= 0.3 is 0 Å². The van der Waals surface area contributed by atoms with Crippen LogP contribution in [0.3, 0.4) is 0 Å². The van der Waals surface area contributed by atoms with Crippen LogP contribution in [0, 0.1) is 11.3 Å². The van der Waals surface area contributed by atoms with Gasteiger partial charge in [-0.3, -0.25) is 0 Å². The molecule has 1 N–H and O–H groups in total. The van der Waals surface area contributed by atoms with Gasteiger partial charge in [0.2, 0.25) is 0 Å². The van der Waals surface area contributed by atoms with E-state index in [1.54, 1.807) is 6.07 Å². The van der Waals surface area contributed by atoms with Crippen LogP contribution >= 0.6 is 22.3 Å². The Hall–Kier alpha value is -0.960. The van der Waals surface area contributed by atoms with E-state index in [2.05, 4.69) is 0 Å². The lowest BCUT2D eigenvalue weighted by atomic mass is 10.2. The molecule has 0 aliphatic carbocycles. The number of phenols is 1. The van der Waals surface area contributed by atoms with Crippen molar-refractivity contribution in [1.82, 2.24) is 0 Å². The second-order valence-electron chi connectivity index (χ2n) is 2.35. The fraction of sp³-hybridized carbons (Fsp3) is 0. The Balaban J connectivity index is 3.54. The van der Waals surface area contributed by atoms with Crippen molar-refractivity contribution in [3.8, 4) is 11.8 Å². The molecule has 0 fully saturated rings. The molecule has 1 aromatic rings. The Morgan fingerprint density at radius 3 is 2.43 bits per heavy atom. The molecule has 1 rings (SSSR count). The molecule has 0 aromatic heterocycles. The van der Waals surface area contributed by atoms with Crippen LogP contribution in [0.4, 0.5) is 0 Å². The lowest BCUT2D eigenvalue weighted by molar-refractivity contribution is 0.471. The fourth-order valence-corrected chi connectivity index (χ4v) is 2.33. The van der Waals surface area contributed by atoms with Gasteiger partial charge in [0.1, 0.15) is 16.7 Å². The first-order chi connectivity index (χ1) is 6.36. The van der Waals surface area contributed by atoms with Crippen LogP contribution in [0.5, 0.6) is 5.75 Å². The zero-order valence-electron chi connectivity index (χ0n) is 6.53. The first-order valence-corrected chi connectivity index (χ1v) is 5.92. The summed E-state index contributed by atoms with van der Waals surface area (Å²) < 4.78 is 21.8. The molecule has 0 amide bonds. The second kappa shape index (κ2) is 3.65. The number of halogens is 2. The van der Waals surface area contributed by atoms with Crippen LogP contribution < -0.4 is 0 Å². The number of hydrogen-bond acceptors (Lipinski definition) is 4. The molecule has 7 heteroatoms. The summed E-state index contributed by atoms with van der Waals surface area (Å²) in [6.07, 6.45) is 0. The molecule has 0 saturated carbocycles. The Morgan fingerprint density at radius 1 is 1.43 bits per heavy atom. The minimum absolute atomic E-state index is 0.112. The summed E-state index contributed by atoms with van der Waals surface area (Å²) >= 11 is 5.54. The minimum atomic E-state index is -4.01. The number of benzene rings is 1. The Labute approximate surface area is 89.7 Å². The zero-order chi connectivity index (χ0) is 10.9. The highest BCUT2D eigenvalue weighted by molar-refractivity contribution is 8.13. The quantitative estimate of drug-likeness (QED) is 0.773. The number of phenolic OH excluding ortho intramolecular Hbond substituents is 1. The number of nitrogens with zero attached hydrogens (tertiary/aromatic N) is 1. The summed E-state index contributed by atoms with van der Waals surface area (Å²) in [7, 11) is 1.01. The molecule has 0 saturated heterocycles. The number of aromatic hydroxyl groups is 1. The molecule has 0 atom stereocenters. The molecule has 0 unspecified atom stereocenters. The maximum absolute atomic E-state index is 10.9. The smallest absolute Gasteiger partial charge is 0.262 e. The van der Waals surface area contributed by atoms with E-state index in [9.17, 15) is 13.5 Å². The average molecular weight is 252 g/mol. The second-order valence-corrected chi connectivity index (χ2v) is 5.29. The van der Waals surface area contributed by atoms with E-state index in [1.165, 1.54) is 0 Å². The van der Waals surface area contributed by atoms with Crippen molar-refractivity contribution in [2.75, 3.05) is 0 Å². The zero-order valence-corrected chi connectivity index (χ0v) is 8.86. The molecular formula is C7H3Cl2NO3S. The third-order valence-corrected chi connectivity index (χ3v) is 3.22. The molecule has 0 radical (unpaired) electrons. The van der Waals surface area contributed by atoms with Gasteiger partial charge in [-0.25, -0.2) is 8.42 Å². The topological polar surface area (TPSA) is 78.2 Å². The molecule has 0 bridgehead atoms. The molecule has 0 heterocycles. The third-order valence-electron chi connectivity index (χ3n) is 1.43.